The number of hydrogen-bond acceptors (Lipinski definition) is 7. The average molecular weight is 394 g/mol. The topological polar surface area (TPSA) is 90.0 Å². The molecule has 1 aliphatic rings. The number of thiazole rings is 1. The van der Waals surface area contributed by atoms with Crippen molar-refractivity contribution in [3.8, 4) is 5.88 Å². The van der Waals surface area contributed by atoms with Crippen LogP contribution in [0.15, 0.2) is 70.4 Å². The Hall–Kier alpha value is -3.10. The standard InChI is InChI=1S/C19H13N3O3S2/c23-17-14(10-15-20-12-8-4-5-9-13(12)21-15)27-19(26)22(17)16(18(24)25)11-6-2-1-3-7-11/h1-10,16,23H,(H,24,25)/p-1/t16-/m0/s1. The summed E-state index contributed by atoms with van der Waals surface area (Å²) in [7, 11) is 0. The van der Waals surface area contributed by atoms with E-state index in [9.17, 15) is 15.0 Å². The van der Waals surface area contributed by atoms with E-state index in [1.165, 1.54) is 4.57 Å². The molecule has 0 saturated carbocycles. The van der Waals surface area contributed by atoms with Crippen molar-refractivity contribution >= 4 is 35.6 Å². The maximum absolute atomic E-state index is 11.8. The second kappa shape index (κ2) is 6.90. The van der Waals surface area contributed by atoms with Gasteiger partial charge in [-0.05, 0) is 29.9 Å². The Bertz CT molecular complexity index is 1210. The van der Waals surface area contributed by atoms with Crippen molar-refractivity contribution in [3.05, 3.63) is 85.5 Å². The summed E-state index contributed by atoms with van der Waals surface area (Å²) < 4.78 is 1.40. The van der Waals surface area contributed by atoms with Gasteiger partial charge in [0.15, 0.2) is 9.78 Å². The Kier molecular flexibility index (Phi) is 4.43. The number of fused-ring (bicyclic) bond motifs is 1. The third-order valence-corrected chi connectivity index (χ3v) is 5.39. The lowest BCUT2D eigenvalue weighted by Crippen LogP contribution is -2.34. The minimum atomic E-state index is -1.35. The molecular formula is C19H12N3O3S2-. The maximum atomic E-state index is 11.8. The lowest BCUT2D eigenvalue weighted by Gasteiger charge is -2.21. The van der Waals surface area contributed by atoms with E-state index in [0.29, 0.717) is 16.3 Å². The number of aromatic hydroxyl groups is 1. The predicted octanol–water partition coefficient (Wildman–Crippen LogP) is 1.58. The van der Waals surface area contributed by atoms with Crippen molar-refractivity contribution in [3.63, 3.8) is 0 Å². The molecule has 0 radical (unpaired) electrons. The number of benzene rings is 2. The Morgan fingerprint density at radius 2 is 1.70 bits per heavy atom. The number of aromatic nitrogens is 1. The molecule has 1 atom stereocenters. The van der Waals surface area contributed by atoms with Crippen LogP contribution in [0.2, 0.25) is 0 Å². The molecule has 4 rings (SSSR count). The van der Waals surface area contributed by atoms with E-state index in [4.69, 9.17) is 12.2 Å². The predicted molar refractivity (Wildman–Crippen MR) is 101 cm³/mol. The number of rotatable bonds is 4. The summed E-state index contributed by atoms with van der Waals surface area (Å²) >= 11 is 6.39. The number of nitrogens with zero attached hydrogens (tertiary/aromatic N) is 3. The van der Waals surface area contributed by atoms with Crippen LogP contribution in [0.5, 0.6) is 5.88 Å². The maximum Gasteiger partial charge on any atom is 0.211 e. The molecule has 1 aromatic heterocycles. The Balaban J connectivity index is 1.81. The molecule has 1 N–H and O–H groups in total. The van der Waals surface area contributed by atoms with E-state index in [2.05, 4.69) is 9.98 Å². The van der Waals surface area contributed by atoms with Crippen LogP contribution in [0.1, 0.15) is 16.5 Å². The molecule has 0 spiro atoms. The van der Waals surface area contributed by atoms with E-state index < -0.39 is 12.0 Å². The zero-order valence-corrected chi connectivity index (χ0v) is 15.4. The van der Waals surface area contributed by atoms with Crippen LogP contribution in [0, 0.1) is 3.95 Å². The molecule has 134 valence electrons. The van der Waals surface area contributed by atoms with Crippen molar-refractivity contribution in [2.75, 3.05) is 0 Å². The highest BCUT2D eigenvalue weighted by Gasteiger charge is 2.22. The highest BCUT2D eigenvalue weighted by atomic mass is 32.1. The summed E-state index contributed by atoms with van der Waals surface area (Å²) in [6, 6.07) is 14.7. The average Bonchev–Trinajstić information content (AvgIpc) is 3.18. The highest BCUT2D eigenvalue weighted by Crippen LogP contribution is 2.34. The number of para-hydroxylation sites is 2. The molecule has 2 heterocycles. The Morgan fingerprint density at radius 1 is 1.11 bits per heavy atom. The van der Waals surface area contributed by atoms with Gasteiger partial charge in [0.25, 0.3) is 0 Å². The minimum Gasteiger partial charge on any atom is -0.547 e. The summed E-state index contributed by atoms with van der Waals surface area (Å²) in [6.45, 7) is 0. The van der Waals surface area contributed by atoms with Crippen molar-refractivity contribution < 1.29 is 15.0 Å². The molecule has 0 bridgehead atoms. The van der Waals surface area contributed by atoms with Gasteiger partial charge in [0.2, 0.25) is 5.88 Å². The van der Waals surface area contributed by atoms with Crippen molar-refractivity contribution in [1.82, 2.24) is 4.57 Å². The molecule has 0 amide bonds. The normalized spacial score (nSPS) is 13.4. The first-order chi connectivity index (χ1) is 13.0. The van der Waals surface area contributed by atoms with Gasteiger partial charge in [-0.15, -0.1) is 11.3 Å². The first-order valence-corrected chi connectivity index (χ1v) is 9.21. The summed E-state index contributed by atoms with van der Waals surface area (Å²) in [6.07, 6.45) is 1.59. The van der Waals surface area contributed by atoms with Gasteiger partial charge in [-0.2, -0.15) is 0 Å². The monoisotopic (exact) mass is 394 g/mol. The number of hydrogen-bond donors (Lipinski definition) is 1. The second-order valence-electron chi connectivity index (χ2n) is 5.77. The molecule has 1 aliphatic heterocycles. The fourth-order valence-corrected chi connectivity index (χ4v) is 4.14. The third-order valence-electron chi connectivity index (χ3n) is 4.05. The van der Waals surface area contributed by atoms with Crippen LogP contribution >= 0.6 is 23.6 Å². The summed E-state index contributed by atoms with van der Waals surface area (Å²) in [5.41, 5.74) is 0.462. The molecule has 0 unspecified atom stereocenters. The number of aliphatic carboxylic acids is 1. The van der Waals surface area contributed by atoms with Crippen molar-refractivity contribution in [2.24, 2.45) is 9.98 Å². The fourth-order valence-electron chi connectivity index (χ4n) is 2.85. The van der Waals surface area contributed by atoms with Crippen LogP contribution in [-0.2, 0) is 4.79 Å². The first kappa shape index (κ1) is 17.3. The van der Waals surface area contributed by atoms with Crippen LogP contribution < -0.4 is 15.8 Å². The van der Waals surface area contributed by atoms with Gasteiger partial charge < -0.3 is 15.0 Å². The molecule has 6 nitrogen and oxygen atoms in total. The van der Waals surface area contributed by atoms with Crippen LogP contribution in [0.25, 0.3) is 6.08 Å². The van der Waals surface area contributed by atoms with Gasteiger partial charge in [-0.3, -0.25) is 4.57 Å². The van der Waals surface area contributed by atoms with E-state index in [1.54, 1.807) is 36.4 Å². The highest BCUT2D eigenvalue weighted by molar-refractivity contribution is 7.73. The molecule has 8 heteroatoms. The Morgan fingerprint density at radius 3 is 2.30 bits per heavy atom. The molecule has 0 fully saturated rings. The van der Waals surface area contributed by atoms with E-state index in [-0.39, 0.29) is 9.83 Å². The van der Waals surface area contributed by atoms with E-state index in [0.717, 1.165) is 22.1 Å². The van der Waals surface area contributed by atoms with Crippen molar-refractivity contribution in [2.45, 2.75) is 6.04 Å². The van der Waals surface area contributed by atoms with E-state index in [1.807, 2.05) is 24.3 Å². The van der Waals surface area contributed by atoms with Gasteiger partial charge in [0.05, 0.1) is 21.6 Å². The van der Waals surface area contributed by atoms with Gasteiger partial charge in [-0.25, -0.2) is 9.98 Å². The zero-order valence-electron chi connectivity index (χ0n) is 13.8. The molecule has 0 aliphatic carbocycles. The summed E-state index contributed by atoms with van der Waals surface area (Å²) in [5, 5.41) is 23.9. The van der Waals surface area contributed by atoms with Gasteiger partial charge in [-0.1, -0.05) is 42.5 Å². The number of carbonyl (C=O) groups excluding carboxylic acids is 1. The van der Waals surface area contributed by atoms with Crippen LogP contribution in [0.3, 0.4) is 0 Å². The van der Waals surface area contributed by atoms with Gasteiger partial charge >= 0.3 is 0 Å². The lowest BCUT2D eigenvalue weighted by atomic mass is 10.1. The summed E-state index contributed by atoms with van der Waals surface area (Å²) in [5.74, 6) is -1.19. The second-order valence-corrected chi connectivity index (χ2v) is 7.45. The summed E-state index contributed by atoms with van der Waals surface area (Å²) in [4.78, 5) is 20.9. The largest absolute Gasteiger partial charge is 0.547 e. The number of carboxylic acids is 1. The fraction of sp³-hybridized carbons (Fsp3) is 0.0526. The van der Waals surface area contributed by atoms with Crippen molar-refractivity contribution in [1.29, 1.82) is 0 Å². The molecule has 27 heavy (non-hydrogen) atoms. The number of carboxylic acid groups (broad SMARTS) is 1. The lowest BCUT2D eigenvalue weighted by molar-refractivity contribution is -0.309. The van der Waals surface area contributed by atoms with E-state index >= 15 is 0 Å². The van der Waals surface area contributed by atoms with Gasteiger partial charge in [0, 0.05) is 6.08 Å². The quantitative estimate of drug-likeness (QED) is 0.680. The number of carbonyl (C=O) groups is 1. The SMILES string of the molecule is O=C([O-])[C@H](c1ccccc1)n1c(O)c(C=C2N=c3ccccc3=N2)sc1=S. The minimum absolute atomic E-state index is 0.216. The zero-order chi connectivity index (χ0) is 19.0. The molecule has 3 aromatic rings. The molecular weight excluding hydrogens is 382 g/mol. The van der Waals surface area contributed by atoms with Crippen LogP contribution in [-0.4, -0.2) is 15.6 Å². The van der Waals surface area contributed by atoms with Crippen LogP contribution in [0.4, 0.5) is 0 Å². The molecule has 2 aromatic carbocycles. The Labute approximate surface area is 162 Å². The smallest absolute Gasteiger partial charge is 0.211 e. The van der Waals surface area contributed by atoms with Gasteiger partial charge in [0.1, 0.15) is 6.04 Å². The molecule has 0 saturated heterocycles. The first-order valence-electron chi connectivity index (χ1n) is 7.99. The third kappa shape index (κ3) is 3.20.